The molecule has 0 bridgehead atoms. The molecule has 0 atom stereocenters. The summed E-state index contributed by atoms with van der Waals surface area (Å²) >= 11 is 14.8. The van der Waals surface area contributed by atoms with Gasteiger partial charge in [0.25, 0.3) is 0 Å². The van der Waals surface area contributed by atoms with Crippen LogP contribution in [0.2, 0.25) is 0 Å². The van der Waals surface area contributed by atoms with E-state index < -0.39 is 21.7 Å². The molecule has 18 aromatic carbocycles. The Labute approximate surface area is 715 Å². The zero-order valence-corrected chi connectivity index (χ0v) is 70.7. The predicted octanol–water partition coefficient (Wildman–Crippen LogP) is 27.8. The number of nitrogens with zero attached hydrogens (tertiary/aromatic N) is 5. The second kappa shape index (κ2) is 33.1. The lowest BCUT2D eigenvalue weighted by molar-refractivity contribution is 0.592. The molecule has 0 unspecified atom stereocenters. The molecule has 12 heteroatoms. The van der Waals surface area contributed by atoms with Gasteiger partial charge in [0.2, 0.25) is 0 Å². The fraction of sp³-hybridized carbons (Fsp3) is 0. The zero-order valence-electron chi connectivity index (χ0n) is 64.9. The second-order valence-electron chi connectivity index (χ2n) is 29.6. The average molecular weight is 1700 g/mol. The van der Waals surface area contributed by atoms with E-state index in [-0.39, 0.29) is 0 Å². The predicted molar refractivity (Wildman–Crippen MR) is 522 cm³/mol. The molecule has 0 aliphatic rings. The molecular formula is C108H75BrCl2N5OP3. The maximum absolute atomic E-state index is 15.9. The van der Waals surface area contributed by atoms with Gasteiger partial charge in [0.05, 0.1) is 55.2 Å². The van der Waals surface area contributed by atoms with Gasteiger partial charge >= 0.3 is 0 Å². The Balaban J connectivity index is 0.000000116. The molecular weight excluding hydrogens is 1630 g/mol. The van der Waals surface area contributed by atoms with Crippen LogP contribution in [0.4, 0.5) is 0 Å². The molecule has 0 saturated heterocycles. The van der Waals surface area contributed by atoms with Gasteiger partial charge in [-0.3, -0.25) is 0 Å². The molecule has 120 heavy (non-hydrogen) atoms. The second-order valence-corrected chi connectivity index (χ2v) is 39.0. The first-order valence-corrected chi connectivity index (χ1v) is 47.0. The molecule has 23 rings (SSSR count). The first kappa shape index (κ1) is 75.8. The molecule has 574 valence electrons. The summed E-state index contributed by atoms with van der Waals surface area (Å²) in [7, 11) is -4.10. The highest BCUT2D eigenvalue weighted by molar-refractivity contribution is 9.10. The molecule has 0 saturated carbocycles. The van der Waals surface area contributed by atoms with Gasteiger partial charge in [0, 0.05) is 108 Å². The highest BCUT2D eigenvalue weighted by Gasteiger charge is 2.32. The topological polar surface area (TPSA) is 41.7 Å². The van der Waals surface area contributed by atoms with Gasteiger partial charge in [-0.2, -0.15) is 0 Å². The summed E-state index contributed by atoms with van der Waals surface area (Å²) in [5.74, 6) is 0. The van der Waals surface area contributed by atoms with E-state index in [9.17, 15) is 0 Å². The number of fused-ring (bicyclic) bond motifs is 15. The van der Waals surface area contributed by atoms with E-state index in [0.29, 0.717) is 0 Å². The maximum Gasteiger partial charge on any atom is 0.171 e. The van der Waals surface area contributed by atoms with Gasteiger partial charge in [-0.05, 0) is 194 Å². The molecule has 0 aliphatic heterocycles. The molecule has 0 N–H and O–H groups in total. The minimum atomic E-state index is -3.29. The summed E-state index contributed by atoms with van der Waals surface area (Å²) in [6.45, 7) is -0.951. The molecule has 23 aromatic rings. The van der Waals surface area contributed by atoms with Crippen LogP contribution in [0.3, 0.4) is 0 Å². The highest BCUT2D eigenvalue weighted by atomic mass is 79.9. The average Bonchev–Trinajstić information content (AvgIpc) is 1.51. The molecule has 0 aliphatic carbocycles. The van der Waals surface area contributed by atoms with Crippen LogP contribution < -0.4 is 37.1 Å². The number of hydrogen-bond acceptors (Lipinski definition) is 1. The van der Waals surface area contributed by atoms with Crippen molar-refractivity contribution in [2.75, 3.05) is 0 Å². The Morgan fingerprint density at radius 3 is 0.733 bits per heavy atom. The third kappa shape index (κ3) is 14.0. The Kier molecular flexibility index (Phi) is 20.9. The largest absolute Gasteiger partial charge is 0.309 e. The van der Waals surface area contributed by atoms with Crippen molar-refractivity contribution in [1.82, 2.24) is 22.8 Å². The van der Waals surface area contributed by atoms with Crippen LogP contribution in [0.15, 0.2) is 459 Å². The zero-order chi connectivity index (χ0) is 80.6. The summed E-state index contributed by atoms with van der Waals surface area (Å²) in [6.07, 6.45) is 0. The van der Waals surface area contributed by atoms with Crippen molar-refractivity contribution in [2.45, 2.75) is 0 Å². The van der Waals surface area contributed by atoms with Crippen molar-refractivity contribution in [3.63, 3.8) is 0 Å². The normalized spacial score (nSPS) is 11.6. The summed E-state index contributed by atoms with van der Waals surface area (Å²) in [5, 5.41) is 19.7. The van der Waals surface area contributed by atoms with Gasteiger partial charge in [0.15, 0.2) is 7.14 Å². The number of rotatable bonds is 12. The Morgan fingerprint density at radius 2 is 0.433 bits per heavy atom. The monoisotopic (exact) mass is 1700 g/mol. The highest BCUT2D eigenvalue weighted by Crippen LogP contribution is 2.48. The quantitative estimate of drug-likeness (QED) is 0.112. The summed E-state index contributed by atoms with van der Waals surface area (Å²) in [6, 6.07) is 160. The maximum atomic E-state index is 15.9. The van der Waals surface area contributed by atoms with E-state index in [4.69, 9.17) is 22.5 Å². The number of hydrogen-bond donors (Lipinski definition) is 0. The number of para-hydroxylation sites is 10. The molecule has 0 fully saturated rings. The van der Waals surface area contributed by atoms with E-state index in [1.54, 1.807) is 0 Å². The van der Waals surface area contributed by atoms with Crippen LogP contribution >= 0.6 is 60.1 Å². The standard InChI is InChI=1S/C42H29N2OP.C42H29N2P.C18H12BrN.C6H5Cl2P/c45-46(32-18-8-3-9-19-32,33-24-26-41-37(28-33)35-20-10-12-22-39(35)43(41)30-14-4-1-5-15-30)34-25-27-42-38(29-34)36-21-11-13-23-40(36)44(42)31-16-6-2-7-17-31;1-4-14-30(15-5-1)43-39-22-12-10-20-35(39)37-28-33(24-26-41(37)43)45(32-18-8-3-9-19-32)34-25-27-42-38(29-34)36-21-11-13-23-40(36)44(42)31-16-6-2-7-17-31;19-13-10-11-18-16(12-13)15-8-4-5-9-17(15)20(18)14-6-2-1-3-7-14;7-9(8)6-4-2-1-3-5-6/h1-29H;1-29H;1-12H;1-5H. The lowest BCUT2D eigenvalue weighted by atomic mass is 10.1. The van der Waals surface area contributed by atoms with Crippen LogP contribution in [-0.2, 0) is 4.57 Å². The van der Waals surface area contributed by atoms with Crippen LogP contribution in [0.25, 0.3) is 137 Å². The van der Waals surface area contributed by atoms with E-state index >= 15 is 4.57 Å². The third-order valence-corrected chi connectivity index (χ3v) is 30.5. The van der Waals surface area contributed by atoms with Crippen molar-refractivity contribution < 1.29 is 4.57 Å². The van der Waals surface area contributed by atoms with Crippen molar-refractivity contribution in [3.8, 4) is 28.4 Å². The number of halogens is 3. The first-order valence-electron chi connectivity index (χ1n) is 40.0. The summed E-state index contributed by atoms with van der Waals surface area (Å²) in [4.78, 5) is 0. The van der Waals surface area contributed by atoms with Gasteiger partial charge in [0.1, 0.15) is 6.63 Å². The fourth-order valence-corrected chi connectivity index (χ4v) is 23.8. The minimum Gasteiger partial charge on any atom is -0.309 e. The van der Waals surface area contributed by atoms with Crippen LogP contribution in [0.5, 0.6) is 0 Å². The lowest BCUT2D eigenvalue weighted by Crippen LogP contribution is -2.25. The van der Waals surface area contributed by atoms with E-state index in [1.807, 2.05) is 78.9 Å². The van der Waals surface area contributed by atoms with Gasteiger partial charge in [-0.1, -0.05) is 324 Å². The van der Waals surface area contributed by atoms with Crippen LogP contribution in [-0.4, -0.2) is 22.8 Å². The summed E-state index contributed by atoms with van der Waals surface area (Å²) < 4.78 is 28.7. The SMILES string of the molecule is Brc1ccc2c(c1)c1ccccc1n2-c1ccccc1.ClP(Cl)c1ccccc1.O=P(c1ccccc1)(c1ccc2c(c1)c1ccccc1n2-c1ccccc1)c1ccc2c(c1)c1ccccc1n2-c1ccccc1.c1ccc(-n2c3ccccc3c3cc(P(c4ccccc4)c4ccc5c(c4)c4ccccc4n5-c4ccccc4)ccc32)cc1. The van der Waals surface area contributed by atoms with Crippen molar-refractivity contribution >= 4 is 206 Å². The molecule has 5 heterocycles. The van der Waals surface area contributed by atoms with E-state index in [0.717, 1.165) is 80.7 Å². The van der Waals surface area contributed by atoms with E-state index in [1.165, 1.54) is 98.4 Å². The Morgan fingerprint density at radius 1 is 0.200 bits per heavy atom. The molecule has 0 amide bonds. The molecule has 6 nitrogen and oxygen atoms in total. The number of benzene rings is 18. The minimum absolute atomic E-state index is 0.812. The molecule has 5 aromatic heterocycles. The van der Waals surface area contributed by atoms with Crippen molar-refractivity contribution in [3.05, 3.63) is 459 Å². The Bertz CT molecular complexity index is 7420. The van der Waals surface area contributed by atoms with Gasteiger partial charge in [-0.15, -0.1) is 0 Å². The van der Waals surface area contributed by atoms with Crippen molar-refractivity contribution in [2.24, 2.45) is 0 Å². The molecule has 0 spiro atoms. The lowest BCUT2D eigenvalue weighted by Gasteiger charge is -2.21. The first-order chi connectivity index (χ1) is 59.2. The van der Waals surface area contributed by atoms with Crippen molar-refractivity contribution in [1.29, 1.82) is 0 Å². The van der Waals surface area contributed by atoms with Crippen LogP contribution in [0.1, 0.15) is 0 Å². The molecule has 0 radical (unpaired) electrons. The van der Waals surface area contributed by atoms with Gasteiger partial charge < -0.3 is 27.4 Å². The van der Waals surface area contributed by atoms with Crippen LogP contribution in [0, 0.1) is 0 Å². The third-order valence-electron chi connectivity index (χ3n) is 22.7. The fourth-order valence-electron chi connectivity index (χ4n) is 17.4. The van der Waals surface area contributed by atoms with E-state index in [2.05, 4.69) is 415 Å². The van der Waals surface area contributed by atoms with Gasteiger partial charge in [-0.25, -0.2) is 0 Å². The summed E-state index contributed by atoms with van der Waals surface area (Å²) in [5.41, 5.74) is 17.6. The smallest absolute Gasteiger partial charge is 0.171 e. The Hall–Kier alpha value is -12.9. The number of aromatic nitrogens is 5.